The van der Waals surface area contributed by atoms with Crippen LogP contribution in [0.5, 0.6) is 17.2 Å². The second-order valence-corrected chi connectivity index (χ2v) is 9.09. The largest absolute Gasteiger partial charge is 0.493 e. The predicted molar refractivity (Wildman–Crippen MR) is 135 cm³/mol. The van der Waals surface area contributed by atoms with Gasteiger partial charge in [-0.25, -0.2) is 9.38 Å². The molecule has 172 valence electrons. The molecule has 0 aliphatic heterocycles. The molecule has 2 aromatic heterocycles. The van der Waals surface area contributed by atoms with E-state index in [-0.39, 0.29) is 11.5 Å². The summed E-state index contributed by atoms with van der Waals surface area (Å²) in [5, 5.41) is 0. The summed E-state index contributed by atoms with van der Waals surface area (Å²) in [5.41, 5.74) is 2.44. The van der Waals surface area contributed by atoms with E-state index in [1.807, 2.05) is 78.9 Å². The van der Waals surface area contributed by atoms with Crippen LogP contribution in [0.25, 0.3) is 22.1 Å². The van der Waals surface area contributed by atoms with Crippen LogP contribution in [0.3, 0.4) is 0 Å². The zero-order valence-electron chi connectivity index (χ0n) is 18.9. The van der Waals surface area contributed by atoms with Crippen molar-refractivity contribution in [3.63, 3.8) is 0 Å². The summed E-state index contributed by atoms with van der Waals surface area (Å²) in [6.45, 7) is 3.12. The van der Waals surface area contributed by atoms with Crippen molar-refractivity contribution in [3.8, 4) is 17.2 Å². The molecule has 0 aliphatic rings. The summed E-state index contributed by atoms with van der Waals surface area (Å²) >= 11 is 1.38. The van der Waals surface area contributed by atoms with E-state index in [0.717, 1.165) is 22.3 Å². The molecule has 0 radical (unpaired) electrons. The Balaban J connectivity index is 1.32. The van der Waals surface area contributed by atoms with Crippen LogP contribution in [0.4, 0.5) is 0 Å². The Kier molecular flexibility index (Phi) is 6.18. The fourth-order valence-corrected chi connectivity index (χ4v) is 4.68. The molecule has 0 saturated heterocycles. The summed E-state index contributed by atoms with van der Waals surface area (Å²) in [6, 6.07) is 23.1. The number of para-hydroxylation sites is 3. The zero-order valence-corrected chi connectivity index (χ0v) is 19.7. The second-order valence-electron chi connectivity index (χ2n) is 8.08. The van der Waals surface area contributed by atoms with Crippen LogP contribution >= 0.6 is 11.3 Å². The molecule has 0 saturated carbocycles. The quantitative estimate of drug-likeness (QED) is 0.331. The first-order valence-electron chi connectivity index (χ1n) is 11.0. The maximum Gasteiger partial charge on any atom is 0.274 e. The van der Waals surface area contributed by atoms with Gasteiger partial charge in [0, 0.05) is 5.92 Å². The lowest BCUT2D eigenvalue weighted by Crippen LogP contribution is -2.22. The Morgan fingerprint density at radius 2 is 1.74 bits per heavy atom. The van der Waals surface area contributed by atoms with Crippen molar-refractivity contribution in [3.05, 3.63) is 93.2 Å². The number of methoxy groups -OCH3 is 1. The van der Waals surface area contributed by atoms with Gasteiger partial charge in [0.2, 0.25) is 0 Å². The lowest BCUT2D eigenvalue weighted by atomic mass is 10.2. The van der Waals surface area contributed by atoms with Crippen molar-refractivity contribution in [2.24, 2.45) is 5.92 Å². The molecule has 0 spiro atoms. The van der Waals surface area contributed by atoms with E-state index in [0.29, 0.717) is 34.2 Å². The van der Waals surface area contributed by atoms with Crippen molar-refractivity contribution in [2.75, 3.05) is 20.3 Å². The second kappa shape index (κ2) is 9.57. The van der Waals surface area contributed by atoms with Gasteiger partial charge in [0.05, 0.1) is 35.9 Å². The number of imidazole rings is 1. The highest BCUT2D eigenvalue weighted by Gasteiger charge is 2.12. The molecule has 3 aromatic carbocycles. The normalized spacial score (nSPS) is 12.8. The van der Waals surface area contributed by atoms with E-state index in [2.05, 4.69) is 11.9 Å². The van der Waals surface area contributed by atoms with Crippen molar-refractivity contribution in [1.29, 1.82) is 0 Å². The molecule has 2 heterocycles. The number of hydrogen-bond acceptors (Lipinski definition) is 6. The van der Waals surface area contributed by atoms with Crippen molar-refractivity contribution in [2.45, 2.75) is 6.92 Å². The molecule has 5 rings (SSSR count). The fourth-order valence-electron chi connectivity index (χ4n) is 3.69. The number of hydrogen-bond donors (Lipinski definition) is 0. The molecule has 0 aliphatic carbocycles. The van der Waals surface area contributed by atoms with Crippen LogP contribution in [0.15, 0.2) is 77.6 Å². The standard InChI is InChI=1S/C27H24N2O4S/c1-18(16-32-20-8-4-3-5-9-20)17-33-23-13-12-19(14-24(23)31-2)15-25-26(30)29-22-11-7-6-10-21(22)28-27(29)34-25/h3-15,18H,16-17H2,1-2H3/b25-15-/t18-/m0/s1. The molecule has 0 amide bonds. The van der Waals surface area contributed by atoms with Gasteiger partial charge >= 0.3 is 0 Å². The third-order valence-electron chi connectivity index (χ3n) is 5.43. The fraction of sp³-hybridized carbons (Fsp3) is 0.185. The summed E-state index contributed by atoms with van der Waals surface area (Å²) < 4.78 is 19.6. The molecular weight excluding hydrogens is 448 g/mol. The first-order chi connectivity index (χ1) is 16.6. The van der Waals surface area contributed by atoms with E-state index in [1.54, 1.807) is 11.5 Å². The molecule has 0 fully saturated rings. The maximum atomic E-state index is 13.0. The summed E-state index contributed by atoms with van der Waals surface area (Å²) in [4.78, 5) is 18.3. The van der Waals surface area contributed by atoms with Crippen molar-refractivity contribution in [1.82, 2.24) is 9.38 Å². The number of rotatable bonds is 8. The number of nitrogens with zero attached hydrogens (tertiary/aromatic N) is 2. The number of aromatic nitrogens is 2. The lowest BCUT2D eigenvalue weighted by molar-refractivity contribution is 0.184. The van der Waals surface area contributed by atoms with Crippen LogP contribution in [0.1, 0.15) is 12.5 Å². The molecule has 0 unspecified atom stereocenters. The van der Waals surface area contributed by atoms with E-state index in [1.165, 1.54) is 11.3 Å². The monoisotopic (exact) mass is 472 g/mol. The van der Waals surface area contributed by atoms with Gasteiger partial charge in [0.1, 0.15) is 5.75 Å². The van der Waals surface area contributed by atoms with Gasteiger partial charge in [-0.1, -0.05) is 54.7 Å². The van der Waals surface area contributed by atoms with Crippen LogP contribution in [-0.2, 0) is 0 Å². The maximum absolute atomic E-state index is 13.0. The minimum absolute atomic E-state index is 0.0692. The minimum atomic E-state index is -0.0692. The van der Waals surface area contributed by atoms with Crippen molar-refractivity contribution >= 4 is 33.4 Å². The average molecular weight is 473 g/mol. The Hall–Kier alpha value is -3.84. The number of thiazole rings is 1. The van der Waals surface area contributed by atoms with Crippen LogP contribution in [0, 0.1) is 5.92 Å². The van der Waals surface area contributed by atoms with Gasteiger partial charge in [-0.2, -0.15) is 0 Å². The molecule has 34 heavy (non-hydrogen) atoms. The molecular formula is C27H24N2O4S. The zero-order chi connectivity index (χ0) is 23.5. The van der Waals surface area contributed by atoms with Crippen molar-refractivity contribution < 1.29 is 14.2 Å². The third kappa shape index (κ3) is 4.47. The SMILES string of the molecule is COc1cc(/C=c2\sc3nc4ccccc4n3c2=O)ccc1OC[C@@H](C)COc1ccccc1. The Morgan fingerprint density at radius 1 is 0.971 bits per heavy atom. The van der Waals surface area contributed by atoms with Gasteiger partial charge in [-0.3, -0.25) is 4.79 Å². The van der Waals surface area contributed by atoms with E-state index in [4.69, 9.17) is 14.2 Å². The van der Waals surface area contributed by atoms with Crippen LogP contribution in [0.2, 0.25) is 0 Å². The molecule has 0 bridgehead atoms. The first-order valence-corrected chi connectivity index (χ1v) is 11.8. The third-order valence-corrected chi connectivity index (χ3v) is 6.40. The van der Waals surface area contributed by atoms with Crippen LogP contribution in [-0.4, -0.2) is 29.7 Å². The number of fused-ring (bicyclic) bond motifs is 3. The minimum Gasteiger partial charge on any atom is -0.493 e. The highest BCUT2D eigenvalue weighted by atomic mass is 32.1. The lowest BCUT2D eigenvalue weighted by Gasteiger charge is -2.16. The first kappa shape index (κ1) is 22.0. The molecule has 6 nitrogen and oxygen atoms in total. The highest BCUT2D eigenvalue weighted by molar-refractivity contribution is 7.15. The summed E-state index contributed by atoms with van der Waals surface area (Å²) in [7, 11) is 1.61. The average Bonchev–Trinajstić information content (AvgIpc) is 3.38. The Labute approximate surface area is 200 Å². The highest BCUT2D eigenvalue weighted by Crippen LogP contribution is 2.29. The van der Waals surface area contributed by atoms with E-state index >= 15 is 0 Å². The van der Waals surface area contributed by atoms with E-state index in [9.17, 15) is 4.79 Å². The predicted octanol–water partition coefficient (Wildman–Crippen LogP) is 4.56. The summed E-state index contributed by atoms with van der Waals surface area (Å²) in [6.07, 6.45) is 1.86. The molecule has 1 atom stereocenters. The molecule has 7 heteroatoms. The Morgan fingerprint density at radius 3 is 2.56 bits per heavy atom. The van der Waals surface area contributed by atoms with Gasteiger partial charge < -0.3 is 14.2 Å². The summed E-state index contributed by atoms with van der Waals surface area (Å²) in [5.74, 6) is 2.31. The van der Waals surface area contributed by atoms with Gasteiger partial charge in [0.15, 0.2) is 16.5 Å². The number of ether oxygens (including phenoxy) is 3. The molecule has 0 N–H and O–H groups in total. The topological polar surface area (TPSA) is 62.1 Å². The Bertz CT molecular complexity index is 1540. The van der Waals surface area contributed by atoms with Gasteiger partial charge in [0.25, 0.3) is 5.56 Å². The smallest absolute Gasteiger partial charge is 0.274 e. The van der Waals surface area contributed by atoms with Gasteiger partial charge in [-0.05, 0) is 48.0 Å². The van der Waals surface area contributed by atoms with Crippen LogP contribution < -0.4 is 24.3 Å². The van der Waals surface area contributed by atoms with Gasteiger partial charge in [-0.15, -0.1) is 0 Å². The van der Waals surface area contributed by atoms with E-state index < -0.39 is 0 Å². The number of benzene rings is 3. The molecule has 5 aromatic rings.